The highest BCUT2D eigenvalue weighted by atomic mass is 16.5. The molecule has 2 heterocycles. The molecule has 0 unspecified atom stereocenters. The van der Waals surface area contributed by atoms with E-state index >= 15 is 0 Å². The van der Waals surface area contributed by atoms with Crippen LogP contribution < -0.4 is 15.4 Å². The monoisotopic (exact) mass is 394 g/mol. The van der Waals surface area contributed by atoms with Gasteiger partial charge in [0.1, 0.15) is 5.75 Å². The quantitative estimate of drug-likeness (QED) is 0.633. The zero-order valence-electron chi connectivity index (χ0n) is 17.3. The van der Waals surface area contributed by atoms with Crippen LogP contribution in [0.4, 0.5) is 11.4 Å². The maximum absolute atomic E-state index is 12.1. The number of benzene rings is 1. The van der Waals surface area contributed by atoms with Crippen molar-refractivity contribution in [2.24, 2.45) is 0 Å². The number of carbonyl (C=O) groups excluding carboxylic acids is 1. The van der Waals surface area contributed by atoms with Gasteiger partial charge in [0.2, 0.25) is 0 Å². The Balaban J connectivity index is 1.98. The molecule has 0 spiro atoms. The van der Waals surface area contributed by atoms with Crippen LogP contribution in [0.1, 0.15) is 44.2 Å². The van der Waals surface area contributed by atoms with Crippen LogP contribution in [0.3, 0.4) is 0 Å². The SMILES string of the molecule is CNC(=O)c1nnccc1Nc1ccc(-c2cnn(C(C)C)c2)cc1OC(C)C. The van der Waals surface area contributed by atoms with Crippen molar-refractivity contribution in [2.75, 3.05) is 12.4 Å². The number of hydrogen-bond donors (Lipinski definition) is 2. The fraction of sp³-hybridized carbons (Fsp3) is 0.333. The Morgan fingerprint density at radius 2 is 1.90 bits per heavy atom. The number of carbonyl (C=O) groups is 1. The molecule has 1 amide bonds. The number of amides is 1. The Kier molecular flexibility index (Phi) is 6.11. The lowest BCUT2D eigenvalue weighted by Crippen LogP contribution is -2.21. The van der Waals surface area contributed by atoms with Crippen molar-refractivity contribution in [3.8, 4) is 16.9 Å². The predicted molar refractivity (Wildman–Crippen MR) is 113 cm³/mol. The lowest BCUT2D eigenvalue weighted by Gasteiger charge is -2.17. The van der Waals surface area contributed by atoms with Gasteiger partial charge in [-0.05, 0) is 51.5 Å². The first-order valence-electron chi connectivity index (χ1n) is 9.55. The third kappa shape index (κ3) is 4.71. The van der Waals surface area contributed by atoms with E-state index in [0.29, 0.717) is 17.5 Å². The first-order valence-corrected chi connectivity index (χ1v) is 9.55. The smallest absolute Gasteiger partial charge is 0.273 e. The van der Waals surface area contributed by atoms with Gasteiger partial charge in [-0.25, -0.2) is 0 Å². The number of hydrogen-bond acceptors (Lipinski definition) is 6. The Hall–Kier alpha value is -3.42. The first kappa shape index (κ1) is 20.3. The van der Waals surface area contributed by atoms with E-state index in [-0.39, 0.29) is 17.7 Å². The highest BCUT2D eigenvalue weighted by Crippen LogP contribution is 2.34. The van der Waals surface area contributed by atoms with Crippen LogP contribution in [0.25, 0.3) is 11.1 Å². The minimum Gasteiger partial charge on any atom is -0.489 e. The topological polar surface area (TPSA) is 94.0 Å². The van der Waals surface area contributed by atoms with E-state index in [0.717, 1.165) is 16.8 Å². The zero-order valence-corrected chi connectivity index (χ0v) is 17.3. The summed E-state index contributed by atoms with van der Waals surface area (Å²) in [5.41, 5.74) is 3.51. The molecule has 0 radical (unpaired) electrons. The second kappa shape index (κ2) is 8.72. The summed E-state index contributed by atoms with van der Waals surface area (Å²) in [5, 5.41) is 18.0. The molecular formula is C21H26N6O2. The van der Waals surface area contributed by atoms with Gasteiger partial charge < -0.3 is 15.4 Å². The second-order valence-electron chi connectivity index (χ2n) is 7.18. The van der Waals surface area contributed by atoms with Crippen LogP contribution in [0.2, 0.25) is 0 Å². The van der Waals surface area contributed by atoms with Crippen molar-refractivity contribution in [1.29, 1.82) is 0 Å². The Labute approximate surface area is 170 Å². The number of ether oxygens (including phenoxy) is 1. The zero-order chi connectivity index (χ0) is 21.0. The minimum absolute atomic E-state index is 0.0156. The molecule has 0 bridgehead atoms. The van der Waals surface area contributed by atoms with Gasteiger partial charge in [0, 0.05) is 24.8 Å². The summed E-state index contributed by atoms with van der Waals surface area (Å²) in [6, 6.07) is 7.88. The largest absolute Gasteiger partial charge is 0.489 e. The Morgan fingerprint density at radius 3 is 2.55 bits per heavy atom. The van der Waals surface area contributed by atoms with Gasteiger partial charge in [-0.15, -0.1) is 5.10 Å². The molecule has 0 atom stereocenters. The number of nitrogens with zero attached hydrogens (tertiary/aromatic N) is 4. The molecule has 0 saturated heterocycles. The molecule has 3 aromatic rings. The maximum Gasteiger partial charge on any atom is 0.273 e. The van der Waals surface area contributed by atoms with Gasteiger partial charge in [0.15, 0.2) is 5.69 Å². The van der Waals surface area contributed by atoms with Crippen LogP contribution in [0.15, 0.2) is 42.9 Å². The molecule has 2 aromatic heterocycles. The average Bonchev–Trinajstić information content (AvgIpc) is 3.19. The molecule has 3 rings (SSSR count). The molecule has 0 fully saturated rings. The van der Waals surface area contributed by atoms with Crippen molar-refractivity contribution in [3.63, 3.8) is 0 Å². The fourth-order valence-electron chi connectivity index (χ4n) is 2.79. The van der Waals surface area contributed by atoms with Crippen LogP contribution in [0.5, 0.6) is 5.75 Å². The molecule has 8 nitrogen and oxygen atoms in total. The van der Waals surface area contributed by atoms with Gasteiger partial charge in [0.25, 0.3) is 5.91 Å². The van der Waals surface area contributed by atoms with Crippen molar-refractivity contribution in [2.45, 2.75) is 39.8 Å². The molecule has 8 heteroatoms. The highest BCUT2D eigenvalue weighted by molar-refractivity contribution is 5.98. The maximum atomic E-state index is 12.1. The van der Waals surface area contributed by atoms with E-state index in [2.05, 4.69) is 39.8 Å². The molecular weight excluding hydrogens is 368 g/mol. The highest BCUT2D eigenvalue weighted by Gasteiger charge is 2.16. The molecule has 1 aromatic carbocycles. The van der Waals surface area contributed by atoms with Crippen LogP contribution >= 0.6 is 0 Å². The molecule has 0 aliphatic rings. The van der Waals surface area contributed by atoms with E-state index in [1.165, 1.54) is 6.20 Å². The van der Waals surface area contributed by atoms with Crippen molar-refractivity contribution in [3.05, 3.63) is 48.5 Å². The van der Waals surface area contributed by atoms with E-state index in [9.17, 15) is 4.79 Å². The molecule has 2 N–H and O–H groups in total. The lowest BCUT2D eigenvalue weighted by molar-refractivity contribution is 0.0958. The van der Waals surface area contributed by atoms with E-state index in [4.69, 9.17) is 4.74 Å². The normalized spacial score (nSPS) is 11.0. The van der Waals surface area contributed by atoms with Gasteiger partial charge in [0.05, 0.1) is 29.9 Å². The second-order valence-corrected chi connectivity index (χ2v) is 7.18. The van der Waals surface area contributed by atoms with Crippen molar-refractivity contribution in [1.82, 2.24) is 25.3 Å². The molecule has 152 valence electrons. The van der Waals surface area contributed by atoms with Crippen LogP contribution in [-0.2, 0) is 0 Å². The average molecular weight is 394 g/mol. The number of nitrogens with one attached hydrogen (secondary N) is 2. The summed E-state index contributed by atoms with van der Waals surface area (Å²) in [5.74, 6) is 0.360. The summed E-state index contributed by atoms with van der Waals surface area (Å²) >= 11 is 0. The van der Waals surface area contributed by atoms with Crippen LogP contribution in [-0.4, -0.2) is 39.0 Å². The molecule has 29 heavy (non-hydrogen) atoms. The standard InChI is InChI=1S/C21H26N6O2/c1-13(2)27-12-16(11-24-27)15-6-7-17(19(10-15)29-14(3)4)25-18-8-9-23-26-20(18)21(28)22-5/h6-14H,1-5H3,(H,22,28)(H,23,25). The third-order valence-corrected chi connectivity index (χ3v) is 4.24. The first-order chi connectivity index (χ1) is 13.9. The number of anilines is 2. The van der Waals surface area contributed by atoms with Gasteiger partial charge in [-0.3, -0.25) is 9.48 Å². The molecule has 0 aliphatic carbocycles. The van der Waals surface area contributed by atoms with Gasteiger partial charge in [-0.2, -0.15) is 10.2 Å². The Bertz CT molecular complexity index is 996. The van der Waals surface area contributed by atoms with Crippen molar-refractivity contribution < 1.29 is 9.53 Å². The van der Waals surface area contributed by atoms with E-state index in [1.807, 2.05) is 49.1 Å². The summed E-state index contributed by atoms with van der Waals surface area (Å²) in [7, 11) is 1.56. The lowest BCUT2D eigenvalue weighted by atomic mass is 10.1. The molecule has 0 aliphatic heterocycles. The third-order valence-electron chi connectivity index (χ3n) is 4.24. The summed E-state index contributed by atoms with van der Waals surface area (Å²) in [4.78, 5) is 12.1. The summed E-state index contributed by atoms with van der Waals surface area (Å²) in [6.45, 7) is 8.11. The van der Waals surface area contributed by atoms with Gasteiger partial charge in [-0.1, -0.05) is 6.07 Å². The van der Waals surface area contributed by atoms with Gasteiger partial charge >= 0.3 is 0 Å². The van der Waals surface area contributed by atoms with Crippen LogP contribution in [0, 0.1) is 0 Å². The minimum atomic E-state index is -0.315. The summed E-state index contributed by atoms with van der Waals surface area (Å²) in [6.07, 6.45) is 5.38. The number of rotatable bonds is 7. The van der Waals surface area contributed by atoms with E-state index in [1.54, 1.807) is 13.1 Å². The van der Waals surface area contributed by atoms with Crippen molar-refractivity contribution >= 4 is 17.3 Å². The number of aromatic nitrogens is 4. The summed E-state index contributed by atoms with van der Waals surface area (Å²) < 4.78 is 7.95. The predicted octanol–water partition coefficient (Wildman–Crippen LogP) is 3.81. The Morgan fingerprint density at radius 1 is 1.10 bits per heavy atom. The molecule has 0 saturated carbocycles. The van der Waals surface area contributed by atoms with E-state index < -0.39 is 0 Å². The fourth-order valence-corrected chi connectivity index (χ4v) is 2.79.